The molecule has 3 aromatic rings. The van der Waals surface area contributed by atoms with Gasteiger partial charge in [0.2, 0.25) is 0 Å². The molecule has 0 amide bonds. The quantitative estimate of drug-likeness (QED) is 0.374. The Morgan fingerprint density at radius 1 is 0.719 bits per heavy atom. The minimum atomic E-state index is 0.0933. The molecule has 3 rings (SSSR count). The van der Waals surface area contributed by atoms with Gasteiger partial charge in [-0.15, -0.1) is 0 Å². The molecular formula is C29H40N2O. The molecule has 0 unspecified atom stereocenters. The van der Waals surface area contributed by atoms with Gasteiger partial charge in [0.1, 0.15) is 22.9 Å². The van der Waals surface area contributed by atoms with Crippen molar-refractivity contribution in [3.8, 4) is 17.3 Å². The molecule has 0 N–H and O–H groups in total. The molecule has 0 radical (unpaired) electrons. The molecule has 0 aliphatic heterocycles. The van der Waals surface area contributed by atoms with Crippen LogP contribution in [-0.2, 0) is 6.42 Å². The van der Waals surface area contributed by atoms with E-state index >= 15 is 0 Å². The highest BCUT2D eigenvalue weighted by molar-refractivity contribution is 5.53. The third-order valence-corrected chi connectivity index (χ3v) is 6.49. The number of benzene rings is 2. The fraction of sp³-hybridized carbons (Fsp3) is 0.483. The van der Waals surface area contributed by atoms with Gasteiger partial charge in [-0.3, -0.25) is 0 Å². The van der Waals surface area contributed by atoms with Crippen LogP contribution >= 0.6 is 0 Å². The largest absolute Gasteiger partial charge is 0.839 e. The maximum atomic E-state index is 13.8. The highest BCUT2D eigenvalue weighted by Crippen LogP contribution is 2.35. The highest BCUT2D eigenvalue weighted by atomic mass is 16.3. The molecule has 2 aromatic carbocycles. The molecule has 3 heteroatoms. The van der Waals surface area contributed by atoms with Crippen LogP contribution in [0.25, 0.3) is 11.4 Å². The van der Waals surface area contributed by atoms with E-state index in [0.29, 0.717) is 30.1 Å². The number of hydrogen-bond donors (Lipinski definition) is 0. The summed E-state index contributed by atoms with van der Waals surface area (Å²) in [6, 6.07) is 13.0. The van der Waals surface area contributed by atoms with Crippen LogP contribution in [0.1, 0.15) is 114 Å². The third kappa shape index (κ3) is 4.22. The second-order valence-corrected chi connectivity index (χ2v) is 10.1. The first kappa shape index (κ1) is 24.1. The molecule has 1 aromatic heterocycles. The molecule has 0 saturated heterocycles. The lowest BCUT2D eigenvalue weighted by Gasteiger charge is -2.18. The molecule has 0 fully saturated rings. The smallest absolute Gasteiger partial charge is 0.253 e. The molecule has 0 spiro atoms. The zero-order chi connectivity index (χ0) is 23.7. The van der Waals surface area contributed by atoms with E-state index in [-0.39, 0.29) is 5.88 Å². The van der Waals surface area contributed by atoms with Crippen molar-refractivity contribution in [3.63, 3.8) is 0 Å². The van der Waals surface area contributed by atoms with E-state index in [4.69, 9.17) is 0 Å². The molecule has 0 bridgehead atoms. The van der Waals surface area contributed by atoms with Gasteiger partial charge in [-0.05, 0) is 23.7 Å². The van der Waals surface area contributed by atoms with E-state index in [1.54, 1.807) is 0 Å². The molecule has 0 saturated carbocycles. The van der Waals surface area contributed by atoms with Gasteiger partial charge < -0.3 is 5.11 Å². The van der Waals surface area contributed by atoms with Crippen molar-refractivity contribution in [2.75, 3.05) is 0 Å². The van der Waals surface area contributed by atoms with E-state index < -0.39 is 0 Å². The van der Waals surface area contributed by atoms with Crippen LogP contribution in [0.2, 0.25) is 0 Å². The lowest BCUT2D eigenvalue weighted by atomic mass is 9.92. The van der Waals surface area contributed by atoms with Crippen molar-refractivity contribution in [1.82, 2.24) is 4.57 Å². The maximum Gasteiger partial charge on any atom is 0.253 e. The molecular weight excluding hydrogens is 392 g/mol. The summed E-state index contributed by atoms with van der Waals surface area (Å²) in [5, 5.41) is 13.8. The van der Waals surface area contributed by atoms with E-state index in [0.717, 1.165) is 11.4 Å². The fourth-order valence-corrected chi connectivity index (χ4v) is 4.73. The maximum absolute atomic E-state index is 13.8. The van der Waals surface area contributed by atoms with Crippen LogP contribution in [0, 0.1) is 0 Å². The highest BCUT2D eigenvalue weighted by Gasteiger charge is 2.28. The minimum Gasteiger partial charge on any atom is -0.839 e. The Morgan fingerprint density at radius 3 is 1.50 bits per heavy atom. The lowest BCUT2D eigenvalue weighted by molar-refractivity contribution is -0.650. The molecule has 32 heavy (non-hydrogen) atoms. The van der Waals surface area contributed by atoms with Gasteiger partial charge >= 0.3 is 0 Å². The van der Waals surface area contributed by atoms with Crippen LogP contribution in [0.4, 0.5) is 0 Å². The summed E-state index contributed by atoms with van der Waals surface area (Å²) >= 11 is 0. The lowest BCUT2D eigenvalue weighted by Crippen LogP contribution is -2.35. The molecule has 0 aliphatic carbocycles. The summed E-state index contributed by atoms with van der Waals surface area (Å²) in [5.74, 6) is 1.49. The standard InChI is InChI=1S/C29H40N2O/c1-10-26-29(32)31(28-24(20(6)7)15-12-16-25(28)21(8)9)17-30(26)27-22(18(2)3)13-11-14-23(27)19(4)5/h11-21H,10H2,1-9H3. The normalized spacial score (nSPS) is 12.0. The summed E-state index contributed by atoms with van der Waals surface area (Å²) in [6.07, 6.45) is 2.75. The number of nitrogens with zero attached hydrogens (tertiary/aromatic N) is 2. The van der Waals surface area contributed by atoms with Gasteiger partial charge in [0.15, 0.2) is 0 Å². The summed E-state index contributed by atoms with van der Waals surface area (Å²) < 4.78 is 4.11. The molecule has 0 atom stereocenters. The Balaban J connectivity index is 2.42. The molecule has 172 valence electrons. The first-order chi connectivity index (χ1) is 15.1. The zero-order valence-corrected chi connectivity index (χ0v) is 21.4. The average Bonchev–Trinajstić information content (AvgIpc) is 3.07. The summed E-state index contributed by atoms with van der Waals surface area (Å²) in [5.41, 5.74) is 8.10. The van der Waals surface area contributed by atoms with Crippen LogP contribution in [0.15, 0.2) is 42.7 Å². The minimum absolute atomic E-state index is 0.0933. The van der Waals surface area contributed by atoms with Gasteiger partial charge in [0.05, 0.1) is 0 Å². The number of hydrogen-bond acceptors (Lipinski definition) is 1. The Hall–Kier alpha value is -2.55. The van der Waals surface area contributed by atoms with Crippen LogP contribution < -0.4 is 9.67 Å². The van der Waals surface area contributed by atoms with Gasteiger partial charge in [0, 0.05) is 28.7 Å². The van der Waals surface area contributed by atoms with Crippen LogP contribution in [-0.4, -0.2) is 4.57 Å². The summed E-state index contributed by atoms with van der Waals surface area (Å²) in [7, 11) is 0. The van der Waals surface area contributed by atoms with Gasteiger partial charge in [0.25, 0.3) is 6.33 Å². The monoisotopic (exact) mass is 432 g/mol. The van der Waals surface area contributed by atoms with E-state index in [2.05, 4.69) is 110 Å². The SMILES string of the molecule is CCc1c([O-])[n+](-c2c(C(C)C)cccc2C(C)C)cn1-c1c(C(C)C)cccc1C(C)C. The summed E-state index contributed by atoms with van der Waals surface area (Å²) in [4.78, 5) is 0. The Morgan fingerprint density at radius 2 is 1.12 bits per heavy atom. The predicted molar refractivity (Wildman–Crippen MR) is 132 cm³/mol. The molecule has 0 aliphatic rings. The van der Waals surface area contributed by atoms with Crippen LogP contribution in [0.5, 0.6) is 5.88 Å². The Bertz CT molecular complexity index is 1030. The Labute approximate surface area is 194 Å². The van der Waals surface area contributed by atoms with Gasteiger partial charge in [-0.1, -0.05) is 98.7 Å². The number of para-hydroxylation sites is 2. The number of aromatic nitrogens is 2. The number of imidazole rings is 1. The van der Waals surface area contributed by atoms with Crippen molar-refractivity contribution in [1.29, 1.82) is 0 Å². The first-order valence-electron chi connectivity index (χ1n) is 12.2. The predicted octanol–water partition coefficient (Wildman–Crippen LogP) is 6.88. The second-order valence-electron chi connectivity index (χ2n) is 10.1. The van der Waals surface area contributed by atoms with Crippen molar-refractivity contribution in [3.05, 3.63) is 70.7 Å². The second kappa shape index (κ2) is 9.52. The van der Waals surface area contributed by atoms with E-state index in [9.17, 15) is 5.11 Å². The van der Waals surface area contributed by atoms with E-state index in [1.807, 2.05) is 4.57 Å². The van der Waals surface area contributed by atoms with E-state index in [1.165, 1.54) is 27.9 Å². The van der Waals surface area contributed by atoms with Crippen LogP contribution in [0.3, 0.4) is 0 Å². The molecule has 1 heterocycles. The van der Waals surface area contributed by atoms with Crippen molar-refractivity contribution in [2.45, 2.75) is 92.4 Å². The van der Waals surface area contributed by atoms with Crippen molar-refractivity contribution < 1.29 is 9.67 Å². The van der Waals surface area contributed by atoms with Crippen molar-refractivity contribution >= 4 is 0 Å². The Kier molecular flexibility index (Phi) is 7.17. The topological polar surface area (TPSA) is 31.9 Å². The van der Waals surface area contributed by atoms with Crippen molar-refractivity contribution in [2.24, 2.45) is 0 Å². The average molecular weight is 433 g/mol. The van der Waals surface area contributed by atoms with Gasteiger partial charge in [-0.25, -0.2) is 4.57 Å². The number of rotatable bonds is 7. The third-order valence-electron chi connectivity index (χ3n) is 6.49. The fourth-order valence-electron chi connectivity index (χ4n) is 4.73. The van der Waals surface area contributed by atoms with Gasteiger partial charge in [-0.2, -0.15) is 4.57 Å². The zero-order valence-electron chi connectivity index (χ0n) is 21.4. The molecule has 3 nitrogen and oxygen atoms in total. The first-order valence-corrected chi connectivity index (χ1v) is 12.2. The summed E-state index contributed by atoms with van der Waals surface area (Å²) in [6.45, 7) is 19.8.